The summed E-state index contributed by atoms with van der Waals surface area (Å²) in [6, 6.07) is 5.51. The van der Waals surface area contributed by atoms with E-state index in [4.69, 9.17) is 14.2 Å². The average Bonchev–Trinajstić information content (AvgIpc) is 2.65. The Hall–Kier alpha value is -2.76. The maximum absolute atomic E-state index is 13.0. The number of ketones is 1. The molecule has 3 rings (SSSR count). The van der Waals surface area contributed by atoms with Crippen LogP contribution in [0.4, 0.5) is 0 Å². The molecule has 150 valence electrons. The lowest BCUT2D eigenvalue weighted by Gasteiger charge is -2.35. The molecule has 0 bridgehead atoms. The molecule has 0 amide bonds. The molecule has 2 aliphatic rings. The van der Waals surface area contributed by atoms with Crippen molar-refractivity contribution in [3.63, 3.8) is 0 Å². The van der Waals surface area contributed by atoms with Crippen LogP contribution in [0.2, 0.25) is 0 Å². The van der Waals surface area contributed by atoms with Crippen LogP contribution in [0, 0.1) is 0 Å². The Kier molecular flexibility index (Phi) is 5.77. The van der Waals surface area contributed by atoms with Crippen LogP contribution in [-0.4, -0.2) is 32.1 Å². The second-order valence-corrected chi connectivity index (χ2v) is 7.30. The number of hydrogen-bond donors (Lipinski definition) is 1. The molecular formula is C22H27NO5. The smallest absolute Gasteiger partial charge is 0.337 e. The normalized spacial score (nSPS) is 19.4. The van der Waals surface area contributed by atoms with Gasteiger partial charge in [0.2, 0.25) is 0 Å². The first kappa shape index (κ1) is 20.0. The number of allylic oxidation sites excluding steroid dienone is 3. The van der Waals surface area contributed by atoms with Crippen LogP contribution in [0.1, 0.15) is 51.5 Å². The number of carbonyl (C=O) groups is 2. The Morgan fingerprint density at radius 1 is 1.18 bits per heavy atom. The van der Waals surface area contributed by atoms with Crippen LogP contribution in [0.5, 0.6) is 11.5 Å². The minimum Gasteiger partial charge on any atom is -0.493 e. The molecule has 6 heteroatoms. The summed E-state index contributed by atoms with van der Waals surface area (Å²) >= 11 is 0. The van der Waals surface area contributed by atoms with Gasteiger partial charge in [-0.3, -0.25) is 4.79 Å². The summed E-state index contributed by atoms with van der Waals surface area (Å²) < 4.78 is 16.6. The van der Waals surface area contributed by atoms with Gasteiger partial charge in [-0.2, -0.15) is 0 Å². The quantitative estimate of drug-likeness (QED) is 0.781. The number of Topliss-reactive ketones (excluding diaryl/α,β-unsaturated/α-hetero) is 1. The Balaban J connectivity index is 2.24. The molecule has 0 saturated carbocycles. The monoisotopic (exact) mass is 385 g/mol. The summed E-state index contributed by atoms with van der Waals surface area (Å²) in [6.45, 7) is 5.46. The van der Waals surface area contributed by atoms with Crippen LogP contribution in [0.3, 0.4) is 0 Å². The van der Waals surface area contributed by atoms with Gasteiger partial charge in [-0.05, 0) is 39.7 Å². The number of para-hydroxylation sites is 1. The van der Waals surface area contributed by atoms with Crippen molar-refractivity contribution in [3.8, 4) is 11.5 Å². The Labute approximate surface area is 165 Å². The molecule has 1 atom stereocenters. The van der Waals surface area contributed by atoms with Gasteiger partial charge >= 0.3 is 5.97 Å². The summed E-state index contributed by atoms with van der Waals surface area (Å²) in [5.41, 5.74) is 3.37. The van der Waals surface area contributed by atoms with E-state index < -0.39 is 11.9 Å². The van der Waals surface area contributed by atoms with E-state index in [0.717, 1.165) is 24.1 Å². The Bertz CT molecular complexity index is 866. The fourth-order valence-electron chi connectivity index (χ4n) is 3.98. The molecule has 1 aliphatic carbocycles. The van der Waals surface area contributed by atoms with Gasteiger partial charge in [0.05, 0.1) is 31.8 Å². The first-order valence-electron chi connectivity index (χ1n) is 9.54. The highest BCUT2D eigenvalue weighted by molar-refractivity contribution is 6.04. The van der Waals surface area contributed by atoms with Crippen LogP contribution < -0.4 is 14.8 Å². The van der Waals surface area contributed by atoms with E-state index in [1.807, 2.05) is 32.9 Å². The molecule has 0 saturated heterocycles. The standard InChI is InChI=1S/C22H27NO5/c1-12(2)28-22(25)18-13(3)23-15-9-7-10-16(24)20(15)19(18)14-8-6-11-17(26-4)21(14)27-5/h6,8,11-12,19,23H,7,9-10H2,1-5H3. The average molecular weight is 385 g/mol. The first-order chi connectivity index (χ1) is 13.4. The van der Waals surface area contributed by atoms with Crippen LogP contribution >= 0.6 is 0 Å². The van der Waals surface area contributed by atoms with Gasteiger partial charge in [0, 0.05) is 29.0 Å². The maximum Gasteiger partial charge on any atom is 0.337 e. The fourth-order valence-corrected chi connectivity index (χ4v) is 3.98. The lowest BCUT2D eigenvalue weighted by Crippen LogP contribution is -2.35. The van der Waals surface area contributed by atoms with Crippen molar-refractivity contribution in [3.05, 3.63) is 46.3 Å². The number of ether oxygens (including phenoxy) is 3. The molecule has 0 spiro atoms. The zero-order chi connectivity index (χ0) is 20.4. The third-order valence-corrected chi connectivity index (χ3v) is 5.08. The van der Waals surface area contributed by atoms with Gasteiger partial charge in [0.15, 0.2) is 17.3 Å². The van der Waals surface area contributed by atoms with E-state index in [0.29, 0.717) is 34.8 Å². The first-order valence-corrected chi connectivity index (χ1v) is 9.54. The number of benzene rings is 1. The molecule has 1 aliphatic heterocycles. The van der Waals surface area contributed by atoms with Crippen molar-refractivity contribution in [2.75, 3.05) is 14.2 Å². The zero-order valence-electron chi connectivity index (χ0n) is 17.0. The summed E-state index contributed by atoms with van der Waals surface area (Å²) in [5.74, 6) is 0.133. The largest absolute Gasteiger partial charge is 0.493 e. The molecule has 1 heterocycles. The van der Waals surface area contributed by atoms with Crippen molar-refractivity contribution in [1.82, 2.24) is 5.32 Å². The number of nitrogens with one attached hydrogen (secondary N) is 1. The molecule has 28 heavy (non-hydrogen) atoms. The molecule has 6 nitrogen and oxygen atoms in total. The number of esters is 1. The highest BCUT2D eigenvalue weighted by Crippen LogP contribution is 2.47. The second-order valence-electron chi connectivity index (χ2n) is 7.30. The van der Waals surface area contributed by atoms with E-state index in [1.165, 1.54) is 0 Å². The number of rotatable bonds is 5. The predicted molar refractivity (Wildman–Crippen MR) is 105 cm³/mol. The summed E-state index contributed by atoms with van der Waals surface area (Å²) in [6.07, 6.45) is 1.77. The van der Waals surface area contributed by atoms with E-state index >= 15 is 0 Å². The molecule has 0 fully saturated rings. The van der Waals surface area contributed by atoms with Crippen LogP contribution in [-0.2, 0) is 14.3 Å². The van der Waals surface area contributed by atoms with Crippen molar-refractivity contribution in [1.29, 1.82) is 0 Å². The summed E-state index contributed by atoms with van der Waals surface area (Å²) in [5, 5.41) is 3.28. The van der Waals surface area contributed by atoms with E-state index in [9.17, 15) is 9.59 Å². The molecule has 1 N–H and O–H groups in total. The second kappa shape index (κ2) is 8.09. The van der Waals surface area contributed by atoms with Crippen molar-refractivity contribution in [2.24, 2.45) is 0 Å². The minimum atomic E-state index is -0.555. The number of methoxy groups -OCH3 is 2. The highest BCUT2D eigenvalue weighted by Gasteiger charge is 2.41. The van der Waals surface area contributed by atoms with Gasteiger partial charge in [0.1, 0.15) is 0 Å². The van der Waals surface area contributed by atoms with E-state index in [1.54, 1.807) is 20.3 Å². The number of carbonyl (C=O) groups excluding carboxylic acids is 2. The molecule has 0 aromatic heterocycles. The predicted octanol–water partition coefficient (Wildman–Crippen LogP) is 3.62. The van der Waals surface area contributed by atoms with Crippen molar-refractivity contribution in [2.45, 2.75) is 52.1 Å². The van der Waals surface area contributed by atoms with E-state index in [-0.39, 0.29) is 11.9 Å². The van der Waals surface area contributed by atoms with Gasteiger partial charge in [-0.15, -0.1) is 0 Å². The zero-order valence-corrected chi connectivity index (χ0v) is 17.0. The minimum absolute atomic E-state index is 0.0472. The topological polar surface area (TPSA) is 73.9 Å². The summed E-state index contributed by atoms with van der Waals surface area (Å²) in [7, 11) is 3.12. The lowest BCUT2D eigenvalue weighted by atomic mass is 9.75. The molecule has 0 radical (unpaired) electrons. The lowest BCUT2D eigenvalue weighted by molar-refractivity contribution is -0.143. The third-order valence-electron chi connectivity index (χ3n) is 5.08. The van der Waals surface area contributed by atoms with Crippen molar-refractivity contribution >= 4 is 11.8 Å². The Morgan fingerprint density at radius 2 is 1.93 bits per heavy atom. The molecule has 1 unspecified atom stereocenters. The fraction of sp³-hybridized carbons (Fsp3) is 0.455. The summed E-state index contributed by atoms with van der Waals surface area (Å²) in [4.78, 5) is 25.9. The van der Waals surface area contributed by atoms with Gasteiger partial charge < -0.3 is 19.5 Å². The van der Waals surface area contributed by atoms with Gasteiger partial charge in [0.25, 0.3) is 0 Å². The third kappa shape index (κ3) is 3.51. The van der Waals surface area contributed by atoms with Gasteiger partial charge in [-0.25, -0.2) is 4.79 Å². The Morgan fingerprint density at radius 3 is 2.57 bits per heavy atom. The molecular weight excluding hydrogens is 358 g/mol. The van der Waals surface area contributed by atoms with Crippen LogP contribution in [0.15, 0.2) is 40.7 Å². The maximum atomic E-state index is 13.0. The van der Waals surface area contributed by atoms with Crippen molar-refractivity contribution < 1.29 is 23.8 Å². The molecule has 1 aromatic carbocycles. The van der Waals surface area contributed by atoms with E-state index in [2.05, 4.69) is 5.32 Å². The number of dihydropyridines is 1. The highest BCUT2D eigenvalue weighted by atomic mass is 16.5. The number of hydrogen-bond acceptors (Lipinski definition) is 6. The van der Waals surface area contributed by atoms with Gasteiger partial charge in [-0.1, -0.05) is 12.1 Å². The molecule has 1 aromatic rings. The SMILES string of the molecule is COc1cccc(C2C(C(=O)OC(C)C)=C(C)NC3=C2C(=O)CCC3)c1OC. The van der Waals surface area contributed by atoms with Crippen LogP contribution in [0.25, 0.3) is 0 Å².